The lowest BCUT2D eigenvalue weighted by Crippen LogP contribution is -2.51. The van der Waals surface area contributed by atoms with Crippen molar-refractivity contribution in [1.29, 1.82) is 0 Å². The summed E-state index contributed by atoms with van der Waals surface area (Å²) in [7, 11) is -2.27. The molecule has 1 amide bonds. The number of hydrogen-bond donors (Lipinski definition) is 2. The molecule has 9 heteroatoms. The normalized spacial score (nSPS) is 23.4. The summed E-state index contributed by atoms with van der Waals surface area (Å²) in [5.74, 6) is 1.21. The van der Waals surface area contributed by atoms with Crippen molar-refractivity contribution in [3.05, 3.63) is 60.2 Å². The van der Waals surface area contributed by atoms with Gasteiger partial charge in [-0.25, -0.2) is 13.1 Å². The summed E-state index contributed by atoms with van der Waals surface area (Å²) in [6, 6.07) is 16.0. The van der Waals surface area contributed by atoms with Crippen molar-refractivity contribution < 1.29 is 27.8 Å². The molecular weight excluding hydrogens is 480 g/mol. The minimum absolute atomic E-state index is 0.0621. The van der Waals surface area contributed by atoms with Crippen LogP contribution in [0.25, 0.3) is 0 Å². The van der Waals surface area contributed by atoms with E-state index in [1.165, 1.54) is 24.8 Å². The van der Waals surface area contributed by atoms with Crippen molar-refractivity contribution in [2.75, 3.05) is 26.8 Å². The SMILES string of the molecule is COc1ccc(S(=O)(=O)N[C@H]2CC[C@H](CC(=O)N3CCC(Cc4ccccc4)CC3)O[C@H]2CO)cc1. The van der Waals surface area contributed by atoms with Gasteiger partial charge in [-0.3, -0.25) is 4.79 Å². The van der Waals surface area contributed by atoms with Crippen LogP contribution in [-0.2, 0) is 26.0 Å². The van der Waals surface area contributed by atoms with Crippen LogP contribution in [0.4, 0.5) is 0 Å². The van der Waals surface area contributed by atoms with E-state index in [4.69, 9.17) is 9.47 Å². The number of rotatable bonds is 9. The Kier molecular flexibility index (Phi) is 9.00. The molecule has 196 valence electrons. The molecule has 0 spiro atoms. The molecule has 2 aromatic carbocycles. The molecule has 0 aromatic heterocycles. The highest BCUT2D eigenvalue weighted by molar-refractivity contribution is 7.89. The van der Waals surface area contributed by atoms with E-state index < -0.39 is 22.2 Å². The summed E-state index contributed by atoms with van der Waals surface area (Å²) in [4.78, 5) is 15.0. The first-order valence-corrected chi connectivity index (χ1v) is 14.1. The quantitative estimate of drug-likeness (QED) is 0.531. The highest BCUT2D eigenvalue weighted by Crippen LogP contribution is 2.27. The number of ether oxygens (including phenoxy) is 2. The van der Waals surface area contributed by atoms with Gasteiger partial charge in [-0.2, -0.15) is 0 Å². The number of carbonyl (C=O) groups is 1. The average Bonchev–Trinajstić information content (AvgIpc) is 2.90. The first-order chi connectivity index (χ1) is 17.4. The fourth-order valence-corrected chi connectivity index (χ4v) is 6.40. The highest BCUT2D eigenvalue weighted by Gasteiger charge is 2.35. The van der Waals surface area contributed by atoms with E-state index in [-0.39, 0.29) is 29.9 Å². The number of likely N-dealkylation sites (tertiary alicyclic amines) is 1. The van der Waals surface area contributed by atoms with Crippen molar-refractivity contribution in [1.82, 2.24) is 9.62 Å². The summed E-state index contributed by atoms with van der Waals surface area (Å²) >= 11 is 0. The molecule has 2 aliphatic heterocycles. The number of nitrogens with one attached hydrogen (secondary N) is 1. The molecule has 0 radical (unpaired) electrons. The lowest BCUT2D eigenvalue weighted by atomic mass is 9.90. The van der Waals surface area contributed by atoms with Gasteiger partial charge in [-0.1, -0.05) is 30.3 Å². The summed E-state index contributed by atoms with van der Waals surface area (Å²) in [5, 5.41) is 9.88. The molecule has 0 aliphatic carbocycles. The number of nitrogens with zero attached hydrogens (tertiary/aromatic N) is 1. The number of aliphatic hydroxyl groups is 1. The van der Waals surface area contributed by atoms with Gasteiger partial charge in [0.25, 0.3) is 0 Å². The van der Waals surface area contributed by atoms with Gasteiger partial charge in [0.2, 0.25) is 15.9 Å². The fourth-order valence-electron chi connectivity index (χ4n) is 5.10. The van der Waals surface area contributed by atoms with Gasteiger partial charge in [0.15, 0.2) is 0 Å². The third-order valence-electron chi connectivity index (χ3n) is 7.21. The lowest BCUT2D eigenvalue weighted by Gasteiger charge is -2.37. The highest BCUT2D eigenvalue weighted by atomic mass is 32.2. The smallest absolute Gasteiger partial charge is 0.240 e. The Bertz CT molecular complexity index is 1090. The average molecular weight is 517 g/mol. The number of amides is 1. The Morgan fingerprint density at radius 3 is 2.39 bits per heavy atom. The second-order valence-corrected chi connectivity index (χ2v) is 11.4. The number of aliphatic hydroxyl groups excluding tert-OH is 1. The van der Waals surface area contributed by atoms with Crippen LogP contribution in [0, 0.1) is 5.92 Å². The number of piperidine rings is 1. The predicted octanol–water partition coefficient (Wildman–Crippen LogP) is 2.75. The molecule has 36 heavy (non-hydrogen) atoms. The number of methoxy groups -OCH3 is 1. The van der Waals surface area contributed by atoms with Crippen LogP contribution in [0.5, 0.6) is 5.75 Å². The molecule has 8 nitrogen and oxygen atoms in total. The zero-order valence-corrected chi connectivity index (χ0v) is 21.5. The van der Waals surface area contributed by atoms with E-state index in [9.17, 15) is 18.3 Å². The largest absolute Gasteiger partial charge is 0.497 e. The summed E-state index contributed by atoms with van der Waals surface area (Å²) in [6.07, 6.45) is 3.25. The van der Waals surface area contributed by atoms with Crippen molar-refractivity contribution in [3.63, 3.8) is 0 Å². The molecule has 2 aromatic rings. The van der Waals surface area contributed by atoms with E-state index >= 15 is 0 Å². The standard InChI is InChI=1S/C27H36N2O6S/c1-34-22-7-10-24(11-8-22)36(32,33)28-25-12-9-23(35-26(25)19-30)18-27(31)29-15-13-21(14-16-29)17-20-5-3-2-4-6-20/h2-8,10-11,21,23,25-26,28,30H,9,12-19H2,1H3/t23-,25+,26+/m1/s1. The maximum atomic E-state index is 12.9. The molecule has 0 unspecified atom stereocenters. The summed E-state index contributed by atoms with van der Waals surface area (Å²) in [5.41, 5.74) is 1.34. The third-order valence-corrected chi connectivity index (χ3v) is 8.71. The second-order valence-electron chi connectivity index (χ2n) is 9.68. The van der Waals surface area contributed by atoms with Gasteiger partial charge in [0.1, 0.15) is 5.75 Å². The molecule has 0 saturated carbocycles. The van der Waals surface area contributed by atoms with E-state index in [1.807, 2.05) is 11.0 Å². The number of carbonyl (C=O) groups excluding carboxylic acids is 1. The monoisotopic (exact) mass is 516 g/mol. The topological polar surface area (TPSA) is 105 Å². The Morgan fingerprint density at radius 1 is 1.06 bits per heavy atom. The van der Waals surface area contributed by atoms with Crippen LogP contribution in [0.3, 0.4) is 0 Å². The molecule has 3 atom stereocenters. The fraction of sp³-hybridized carbons (Fsp3) is 0.519. The molecule has 2 saturated heterocycles. The zero-order chi connectivity index (χ0) is 25.5. The second kappa shape index (κ2) is 12.2. The zero-order valence-electron chi connectivity index (χ0n) is 20.7. The lowest BCUT2D eigenvalue weighted by molar-refractivity contribution is -0.141. The van der Waals surface area contributed by atoms with Crippen LogP contribution < -0.4 is 9.46 Å². The van der Waals surface area contributed by atoms with Gasteiger partial charge in [0, 0.05) is 13.1 Å². The molecule has 2 N–H and O–H groups in total. The third kappa shape index (κ3) is 6.85. The molecule has 0 bridgehead atoms. The maximum Gasteiger partial charge on any atom is 0.240 e. The Labute approximate surface area is 213 Å². The minimum atomic E-state index is -3.79. The van der Waals surface area contributed by atoms with Crippen LogP contribution in [0.1, 0.15) is 37.7 Å². The van der Waals surface area contributed by atoms with Gasteiger partial charge in [0.05, 0.1) is 43.3 Å². The maximum absolute atomic E-state index is 12.9. The molecule has 2 fully saturated rings. The molecule has 4 rings (SSSR count). The first kappa shape index (κ1) is 26.6. The van der Waals surface area contributed by atoms with Crippen LogP contribution >= 0.6 is 0 Å². The van der Waals surface area contributed by atoms with Crippen LogP contribution in [-0.4, -0.2) is 69.4 Å². The van der Waals surface area contributed by atoms with Crippen molar-refractivity contribution >= 4 is 15.9 Å². The van der Waals surface area contributed by atoms with Crippen molar-refractivity contribution in [3.8, 4) is 5.75 Å². The van der Waals surface area contributed by atoms with Crippen molar-refractivity contribution in [2.24, 2.45) is 5.92 Å². The molecular formula is C27H36N2O6S. The number of sulfonamides is 1. The van der Waals surface area contributed by atoms with Gasteiger partial charge >= 0.3 is 0 Å². The van der Waals surface area contributed by atoms with Gasteiger partial charge < -0.3 is 19.5 Å². The van der Waals surface area contributed by atoms with E-state index in [0.717, 1.165) is 32.4 Å². The Balaban J connectivity index is 1.25. The molecule has 2 heterocycles. The molecule has 2 aliphatic rings. The predicted molar refractivity (Wildman–Crippen MR) is 136 cm³/mol. The van der Waals surface area contributed by atoms with Gasteiger partial charge in [-0.15, -0.1) is 0 Å². The van der Waals surface area contributed by atoms with Gasteiger partial charge in [-0.05, 0) is 67.9 Å². The summed E-state index contributed by atoms with van der Waals surface area (Å²) in [6.45, 7) is 1.17. The Morgan fingerprint density at radius 2 is 1.75 bits per heavy atom. The number of benzene rings is 2. The van der Waals surface area contributed by atoms with E-state index in [1.54, 1.807) is 12.1 Å². The van der Waals surface area contributed by atoms with Crippen molar-refractivity contribution in [2.45, 2.75) is 61.7 Å². The number of hydrogen-bond acceptors (Lipinski definition) is 6. The first-order valence-electron chi connectivity index (χ1n) is 12.6. The van der Waals surface area contributed by atoms with Crippen LogP contribution in [0.15, 0.2) is 59.5 Å². The van der Waals surface area contributed by atoms with E-state index in [2.05, 4.69) is 29.0 Å². The summed E-state index contributed by atoms with van der Waals surface area (Å²) < 4.78 is 39.4. The minimum Gasteiger partial charge on any atom is -0.497 e. The Hall–Kier alpha value is -2.46. The van der Waals surface area contributed by atoms with E-state index in [0.29, 0.717) is 24.5 Å². The van der Waals surface area contributed by atoms with Crippen LogP contribution in [0.2, 0.25) is 0 Å².